The lowest BCUT2D eigenvalue weighted by molar-refractivity contribution is -0.159. The summed E-state index contributed by atoms with van der Waals surface area (Å²) in [5.74, 6) is 3.52. The van der Waals surface area contributed by atoms with Crippen LogP contribution in [0.4, 0.5) is 0 Å². The molecule has 33 heavy (non-hydrogen) atoms. The minimum Gasteiger partial charge on any atom is -0.492 e. The van der Waals surface area contributed by atoms with Crippen molar-refractivity contribution in [2.75, 3.05) is 53.4 Å². The molecule has 182 valence electrons. The van der Waals surface area contributed by atoms with Crippen molar-refractivity contribution in [3.8, 4) is 5.75 Å². The van der Waals surface area contributed by atoms with Gasteiger partial charge in [-0.15, -0.1) is 0 Å². The Morgan fingerprint density at radius 3 is 2.03 bits per heavy atom. The number of carbonyl (C=O) groups is 1. The first-order valence-electron chi connectivity index (χ1n) is 12.4. The zero-order chi connectivity index (χ0) is 23.2. The summed E-state index contributed by atoms with van der Waals surface area (Å²) in [6, 6.07) is 6.58. The van der Waals surface area contributed by atoms with E-state index in [9.17, 15) is 13.2 Å². The van der Waals surface area contributed by atoms with Gasteiger partial charge in [-0.2, -0.15) is 0 Å². The first kappa shape index (κ1) is 23.1. The largest absolute Gasteiger partial charge is 0.492 e. The molecule has 8 heteroatoms. The normalized spacial score (nSPS) is 31.8. The van der Waals surface area contributed by atoms with Crippen LogP contribution in [0.3, 0.4) is 0 Å². The summed E-state index contributed by atoms with van der Waals surface area (Å²) in [6.07, 6.45) is 7.53. The molecular weight excluding hydrogens is 438 g/mol. The van der Waals surface area contributed by atoms with Gasteiger partial charge in [0.2, 0.25) is 15.9 Å². The minimum atomic E-state index is -3.42. The fourth-order valence-corrected chi connectivity index (χ4v) is 8.00. The van der Waals surface area contributed by atoms with Crippen molar-refractivity contribution in [1.29, 1.82) is 0 Å². The van der Waals surface area contributed by atoms with Gasteiger partial charge in [0.15, 0.2) is 0 Å². The molecule has 7 nitrogen and oxygen atoms in total. The smallest absolute Gasteiger partial charge is 0.242 e. The minimum absolute atomic E-state index is 0.0355. The van der Waals surface area contributed by atoms with Crippen molar-refractivity contribution in [3.05, 3.63) is 24.3 Å². The lowest BCUT2D eigenvalue weighted by atomic mass is 9.49. The summed E-state index contributed by atoms with van der Waals surface area (Å²) in [7, 11) is -0.373. The van der Waals surface area contributed by atoms with Gasteiger partial charge in [0.25, 0.3) is 0 Å². The Hall–Kier alpha value is -1.64. The molecule has 0 aromatic heterocycles. The topological polar surface area (TPSA) is 70.2 Å². The molecule has 0 N–H and O–H groups in total. The summed E-state index contributed by atoms with van der Waals surface area (Å²) in [5.41, 5.74) is -0.0355. The number of rotatable bonds is 7. The zero-order valence-corrected chi connectivity index (χ0v) is 20.7. The Bertz CT molecular complexity index is 933. The molecule has 1 amide bonds. The molecule has 1 aromatic rings. The van der Waals surface area contributed by atoms with Gasteiger partial charge >= 0.3 is 0 Å². The molecule has 0 spiro atoms. The van der Waals surface area contributed by atoms with Gasteiger partial charge in [0.05, 0.1) is 10.3 Å². The summed E-state index contributed by atoms with van der Waals surface area (Å²) in [6.45, 7) is 4.76. The summed E-state index contributed by atoms with van der Waals surface area (Å²) in [4.78, 5) is 18.3. The highest BCUT2D eigenvalue weighted by Crippen LogP contribution is 2.60. The van der Waals surface area contributed by atoms with Crippen molar-refractivity contribution in [3.63, 3.8) is 0 Å². The molecule has 4 saturated carbocycles. The van der Waals surface area contributed by atoms with Gasteiger partial charge < -0.3 is 9.64 Å². The maximum atomic E-state index is 13.5. The molecule has 1 saturated heterocycles. The fraction of sp³-hybridized carbons (Fsp3) is 0.720. The van der Waals surface area contributed by atoms with E-state index >= 15 is 0 Å². The van der Waals surface area contributed by atoms with Crippen LogP contribution in [0.5, 0.6) is 5.75 Å². The lowest BCUT2D eigenvalue weighted by Gasteiger charge is -2.57. The first-order valence-corrected chi connectivity index (χ1v) is 13.9. The number of benzene rings is 1. The van der Waals surface area contributed by atoms with Crippen molar-refractivity contribution >= 4 is 15.9 Å². The Balaban J connectivity index is 1.08. The average molecular weight is 476 g/mol. The molecule has 0 unspecified atom stereocenters. The number of piperazine rings is 1. The third-order valence-corrected chi connectivity index (χ3v) is 10.3. The Morgan fingerprint density at radius 1 is 0.970 bits per heavy atom. The molecule has 0 radical (unpaired) electrons. The molecule has 6 rings (SSSR count). The maximum Gasteiger partial charge on any atom is 0.242 e. The molecule has 1 aromatic carbocycles. The van der Waals surface area contributed by atoms with Gasteiger partial charge in [0.1, 0.15) is 12.4 Å². The molecule has 5 aliphatic rings. The Kier molecular flexibility index (Phi) is 6.20. The molecular formula is C25H37N3O4S. The van der Waals surface area contributed by atoms with E-state index in [1.807, 2.05) is 0 Å². The molecule has 4 bridgehead atoms. The maximum absolute atomic E-state index is 13.5. The van der Waals surface area contributed by atoms with Crippen LogP contribution < -0.4 is 4.74 Å². The van der Waals surface area contributed by atoms with Gasteiger partial charge in [-0.1, -0.05) is 0 Å². The molecule has 1 aliphatic heterocycles. The predicted molar refractivity (Wildman–Crippen MR) is 126 cm³/mol. The van der Waals surface area contributed by atoms with Crippen LogP contribution in [0.25, 0.3) is 0 Å². The van der Waals surface area contributed by atoms with Gasteiger partial charge in [0, 0.05) is 46.8 Å². The Labute approximate surface area is 198 Å². The lowest BCUT2D eigenvalue weighted by Crippen LogP contribution is -2.58. The standard InChI is InChI=1S/C25H37N3O4S/c1-26(2)33(30,31)23-5-3-22(4-6-23)32-12-11-27-7-9-28(10-8-27)24(29)25-16-19-13-20(17-25)15-21(14-19)18-25/h3-6,19-21H,7-18H2,1-2H3. The number of hydrogen-bond acceptors (Lipinski definition) is 5. The fourth-order valence-electron chi connectivity index (χ4n) is 7.09. The van der Waals surface area contributed by atoms with E-state index in [0.717, 1.165) is 69.7 Å². The van der Waals surface area contributed by atoms with Crippen LogP contribution in [-0.4, -0.2) is 81.9 Å². The summed E-state index contributed by atoms with van der Waals surface area (Å²) < 4.78 is 31.4. The van der Waals surface area contributed by atoms with E-state index in [1.165, 1.54) is 37.7 Å². The van der Waals surface area contributed by atoms with Gasteiger partial charge in [-0.3, -0.25) is 9.69 Å². The van der Waals surface area contributed by atoms with Crippen LogP contribution >= 0.6 is 0 Å². The monoisotopic (exact) mass is 475 g/mol. The second kappa shape index (κ2) is 8.86. The number of amides is 1. The predicted octanol–water partition coefficient (Wildman–Crippen LogP) is 2.68. The van der Waals surface area contributed by atoms with E-state index < -0.39 is 10.0 Å². The van der Waals surface area contributed by atoms with Crippen LogP contribution in [-0.2, 0) is 14.8 Å². The highest BCUT2D eigenvalue weighted by Gasteiger charge is 2.55. The number of sulfonamides is 1. The van der Waals surface area contributed by atoms with Crippen LogP contribution in [0.2, 0.25) is 0 Å². The van der Waals surface area contributed by atoms with E-state index in [1.54, 1.807) is 24.3 Å². The van der Waals surface area contributed by atoms with Crippen LogP contribution in [0.1, 0.15) is 38.5 Å². The highest BCUT2D eigenvalue weighted by atomic mass is 32.2. The quantitative estimate of drug-likeness (QED) is 0.607. The number of nitrogens with zero attached hydrogens (tertiary/aromatic N) is 3. The first-order chi connectivity index (χ1) is 15.7. The van der Waals surface area contributed by atoms with Gasteiger partial charge in [-0.05, 0) is 80.5 Å². The third-order valence-electron chi connectivity index (χ3n) is 8.43. The van der Waals surface area contributed by atoms with Crippen molar-refractivity contribution in [2.45, 2.75) is 43.4 Å². The zero-order valence-electron chi connectivity index (χ0n) is 19.9. The number of ether oxygens (including phenoxy) is 1. The van der Waals surface area contributed by atoms with E-state index in [4.69, 9.17) is 4.74 Å². The Morgan fingerprint density at radius 2 is 1.52 bits per heavy atom. The second-order valence-corrected chi connectivity index (χ2v) is 13.1. The van der Waals surface area contributed by atoms with E-state index in [-0.39, 0.29) is 10.3 Å². The molecule has 0 atom stereocenters. The van der Waals surface area contributed by atoms with Crippen LogP contribution in [0.15, 0.2) is 29.2 Å². The molecule has 4 aliphatic carbocycles. The van der Waals surface area contributed by atoms with Crippen molar-refractivity contribution in [1.82, 2.24) is 14.1 Å². The van der Waals surface area contributed by atoms with Gasteiger partial charge in [-0.25, -0.2) is 12.7 Å². The van der Waals surface area contributed by atoms with Crippen LogP contribution in [0, 0.1) is 23.2 Å². The van der Waals surface area contributed by atoms with E-state index in [0.29, 0.717) is 18.3 Å². The number of carbonyl (C=O) groups excluding carboxylic acids is 1. The van der Waals surface area contributed by atoms with Crippen molar-refractivity contribution in [2.24, 2.45) is 23.2 Å². The van der Waals surface area contributed by atoms with Crippen molar-refractivity contribution < 1.29 is 17.9 Å². The summed E-state index contributed by atoms with van der Waals surface area (Å²) in [5, 5.41) is 0. The van der Waals surface area contributed by atoms with E-state index in [2.05, 4.69) is 9.80 Å². The highest BCUT2D eigenvalue weighted by molar-refractivity contribution is 7.89. The molecule has 5 fully saturated rings. The molecule has 1 heterocycles. The SMILES string of the molecule is CN(C)S(=O)(=O)c1ccc(OCCN2CCN(C(=O)C34CC5CC(CC(C5)C3)C4)CC2)cc1. The third kappa shape index (κ3) is 4.54. The second-order valence-electron chi connectivity index (χ2n) is 10.9. The summed E-state index contributed by atoms with van der Waals surface area (Å²) >= 11 is 0. The average Bonchev–Trinajstić information content (AvgIpc) is 2.78. The number of hydrogen-bond donors (Lipinski definition) is 0.